The molecule has 2 heteroatoms. The first-order chi connectivity index (χ1) is 15.0. The van der Waals surface area contributed by atoms with Gasteiger partial charge >= 0.3 is 0 Å². The Kier molecular flexibility index (Phi) is 5.24. The van der Waals surface area contributed by atoms with E-state index in [1.165, 1.54) is 10.4 Å². The molecule has 0 aromatic heterocycles. The number of allylic oxidation sites excluding steroid dienone is 8. The predicted octanol–water partition coefficient (Wildman–Crippen LogP) is 5.24. The van der Waals surface area contributed by atoms with Gasteiger partial charge in [-0.05, 0) is 60.4 Å². The van der Waals surface area contributed by atoms with E-state index in [2.05, 4.69) is 135 Å². The van der Waals surface area contributed by atoms with Crippen LogP contribution < -0.4 is 15.4 Å². The zero-order valence-corrected chi connectivity index (χ0v) is 19.8. The lowest BCUT2D eigenvalue weighted by atomic mass is 9.83. The molecular weight excluding hydrogens is 390 g/mol. The van der Waals surface area contributed by atoms with E-state index in [1.54, 1.807) is 0 Å². The van der Waals surface area contributed by atoms with Gasteiger partial charge in [0.25, 0.3) is 0 Å². The Morgan fingerprint density at radius 3 is 1.35 bits per heavy atom. The van der Waals surface area contributed by atoms with Crippen molar-refractivity contribution < 1.29 is 0 Å². The second-order valence-corrected chi connectivity index (χ2v) is 14.0. The molecule has 0 radical (unpaired) electrons. The second kappa shape index (κ2) is 7.92. The molecule has 2 aromatic rings. The van der Waals surface area contributed by atoms with Gasteiger partial charge in [-0.15, -0.1) is 0 Å². The van der Waals surface area contributed by atoms with Crippen molar-refractivity contribution in [1.29, 1.82) is 0 Å². The highest BCUT2D eigenvalue weighted by Crippen LogP contribution is 2.57. The molecule has 5 rings (SSSR count). The van der Waals surface area contributed by atoms with Crippen LogP contribution in [0, 0.1) is 23.7 Å². The van der Waals surface area contributed by atoms with Gasteiger partial charge in [0.2, 0.25) is 0 Å². The number of fused-ring (bicyclic) bond motifs is 3. The van der Waals surface area contributed by atoms with Crippen LogP contribution in [0.4, 0.5) is 0 Å². The van der Waals surface area contributed by atoms with Gasteiger partial charge in [-0.1, -0.05) is 109 Å². The first-order valence-electron chi connectivity index (χ1n) is 11.6. The topological polar surface area (TPSA) is 12.0 Å². The predicted molar refractivity (Wildman–Crippen MR) is 135 cm³/mol. The third-order valence-electron chi connectivity index (χ3n) is 7.25. The van der Waals surface area contributed by atoms with E-state index in [9.17, 15) is 0 Å². The lowest BCUT2D eigenvalue weighted by Gasteiger charge is -2.47. The van der Waals surface area contributed by atoms with Crippen LogP contribution in [0.2, 0.25) is 5.54 Å². The van der Waals surface area contributed by atoms with Crippen LogP contribution in [0.3, 0.4) is 0 Å². The molecule has 1 N–H and O–H groups in total. The molecule has 0 amide bonds. The number of hydrogen-bond donors (Lipinski definition) is 1. The quantitative estimate of drug-likeness (QED) is 0.664. The first-order valence-corrected chi connectivity index (χ1v) is 13.7. The minimum absolute atomic E-state index is 0.00787. The van der Waals surface area contributed by atoms with Crippen molar-refractivity contribution in [2.75, 3.05) is 0 Å². The molecule has 158 valence electrons. The Morgan fingerprint density at radius 2 is 0.968 bits per heavy atom. The molecule has 0 heterocycles. The highest BCUT2D eigenvalue weighted by molar-refractivity contribution is 7.01. The Morgan fingerprint density at radius 1 is 0.581 bits per heavy atom. The highest BCUT2D eigenvalue weighted by atomic mass is 28.3. The summed E-state index contributed by atoms with van der Waals surface area (Å²) in [5.74, 6) is 2.22. The van der Waals surface area contributed by atoms with Crippen LogP contribution in [0.15, 0.2) is 109 Å². The van der Waals surface area contributed by atoms with Crippen molar-refractivity contribution in [1.82, 2.24) is 4.98 Å². The van der Waals surface area contributed by atoms with Crippen molar-refractivity contribution in [3.05, 3.63) is 109 Å². The Labute approximate surface area is 188 Å². The molecule has 1 nitrogen and oxygen atoms in total. The average molecular weight is 424 g/mol. The summed E-state index contributed by atoms with van der Waals surface area (Å²) in [6.07, 6.45) is 19.0. The summed E-state index contributed by atoms with van der Waals surface area (Å²) in [4.78, 5) is 4.33. The molecule has 2 aromatic carbocycles. The van der Waals surface area contributed by atoms with Gasteiger partial charge in [-0.3, -0.25) is 0 Å². The van der Waals surface area contributed by atoms with E-state index in [0.29, 0.717) is 29.2 Å². The summed E-state index contributed by atoms with van der Waals surface area (Å²) >= 11 is 0. The van der Waals surface area contributed by atoms with E-state index in [1.807, 2.05) is 0 Å². The zero-order chi connectivity index (χ0) is 21.5. The minimum atomic E-state index is -2.39. The maximum absolute atomic E-state index is 4.33. The minimum Gasteiger partial charge on any atom is -0.325 e. The van der Waals surface area contributed by atoms with Crippen molar-refractivity contribution in [2.24, 2.45) is 23.7 Å². The van der Waals surface area contributed by atoms with Crippen molar-refractivity contribution in [2.45, 2.75) is 31.9 Å². The van der Waals surface area contributed by atoms with Gasteiger partial charge in [0.1, 0.15) is 0 Å². The van der Waals surface area contributed by atoms with Crippen LogP contribution in [0.5, 0.6) is 0 Å². The van der Waals surface area contributed by atoms with Gasteiger partial charge in [0, 0.05) is 5.54 Å². The van der Waals surface area contributed by atoms with Gasteiger partial charge in [-0.25, -0.2) is 0 Å². The monoisotopic (exact) mass is 423 g/mol. The van der Waals surface area contributed by atoms with Crippen LogP contribution in [0.25, 0.3) is 0 Å². The van der Waals surface area contributed by atoms with Crippen LogP contribution in [0.1, 0.15) is 20.8 Å². The molecule has 4 atom stereocenters. The van der Waals surface area contributed by atoms with Crippen molar-refractivity contribution >= 4 is 18.6 Å². The molecule has 3 aliphatic carbocycles. The fourth-order valence-electron chi connectivity index (χ4n) is 6.38. The smallest absolute Gasteiger partial charge is 0.194 e. The van der Waals surface area contributed by atoms with E-state index < -0.39 is 8.24 Å². The molecule has 0 spiro atoms. The maximum Gasteiger partial charge on any atom is 0.194 e. The first kappa shape index (κ1) is 20.5. The molecule has 0 bridgehead atoms. The summed E-state index contributed by atoms with van der Waals surface area (Å²) in [6, 6.07) is 22.7. The molecular formula is C29H33NSi. The molecule has 1 fully saturated rings. The fraction of sp³-hybridized carbons (Fsp3) is 0.310. The standard InChI is InChI=1S/C29H33NSi/c1-29(2,3)30-31(22-14-6-4-7-15-22,23-16-8-5-9-17-23)28-26-20-12-10-18-24(26)25-19-11-13-21-27(25)28/h4-21,24-28,30H,1-3H3. The SMILES string of the molecule is CC(C)(C)N[Si](c1ccccc1)(c1ccccc1)C1C2C=CC=CC2C2C=CC=CC21. The maximum atomic E-state index is 4.33. The summed E-state index contributed by atoms with van der Waals surface area (Å²) in [7, 11) is -2.39. The van der Waals surface area contributed by atoms with Gasteiger partial charge in [0.15, 0.2) is 8.24 Å². The molecule has 3 aliphatic rings. The molecule has 0 saturated heterocycles. The zero-order valence-electron chi connectivity index (χ0n) is 18.8. The second-order valence-electron chi connectivity index (χ2n) is 10.3. The Hall–Kier alpha value is -2.42. The largest absolute Gasteiger partial charge is 0.325 e. The van der Waals surface area contributed by atoms with Crippen molar-refractivity contribution in [3.63, 3.8) is 0 Å². The van der Waals surface area contributed by atoms with Gasteiger partial charge in [0.05, 0.1) is 0 Å². The summed E-state index contributed by atoms with van der Waals surface area (Å²) in [6.45, 7) is 6.99. The number of hydrogen-bond acceptors (Lipinski definition) is 1. The number of benzene rings is 2. The third kappa shape index (κ3) is 3.52. The van der Waals surface area contributed by atoms with Crippen LogP contribution >= 0.6 is 0 Å². The van der Waals surface area contributed by atoms with Crippen molar-refractivity contribution in [3.8, 4) is 0 Å². The lowest BCUT2D eigenvalue weighted by Crippen LogP contribution is -2.76. The average Bonchev–Trinajstić information content (AvgIpc) is 3.13. The molecule has 31 heavy (non-hydrogen) atoms. The Bertz CT molecular complexity index is 952. The van der Waals surface area contributed by atoms with E-state index in [4.69, 9.17) is 0 Å². The number of nitrogens with one attached hydrogen (secondary N) is 1. The summed E-state index contributed by atoms with van der Waals surface area (Å²) in [5.41, 5.74) is 0.544. The number of rotatable bonds is 4. The summed E-state index contributed by atoms with van der Waals surface area (Å²) < 4.78 is 0. The van der Waals surface area contributed by atoms with Crippen LogP contribution in [-0.4, -0.2) is 13.8 Å². The van der Waals surface area contributed by atoms with Gasteiger partial charge in [-0.2, -0.15) is 0 Å². The Balaban J connectivity index is 1.79. The van der Waals surface area contributed by atoms with E-state index >= 15 is 0 Å². The third-order valence-corrected chi connectivity index (χ3v) is 12.7. The molecule has 0 aliphatic heterocycles. The fourth-order valence-corrected chi connectivity index (χ4v) is 12.4. The lowest BCUT2D eigenvalue weighted by molar-refractivity contribution is 0.461. The van der Waals surface area contributed by atoms with E-state index in [-0.39, 0.29) is 5.54 Å². The van der Waals surface area contributed by atoms with Gasteiger partial charge < -0.3 is 4.98 Å². The molecule has 4 unspecified atom stereocenters. The van der Waals surface area contributed by atoms with Crippen LogP contribution in [-0.2, 0) is 0 Å². The molecule has 1 saturated carbocycles. The highest BCUT2D eigenvalue weighted by Gasteiger charge is 2.59. The summed E-state index contributed by atoms with van der Waals surface area (Å²) in [5, 5.41) is 2.98. The van der Waals surface area contributed by atoms with E-state index in [0.717, 1.165) is 0 Å². The normalized spacial score (nSPS) is 29.1.